The largest absolute Gasteiger partial charge is 0.374 e. The first-order valence-corrected chi connectivity index (χ1v) is 11.0. The fraction of sp³-hybridized carbons (Fsp3) is 0.0385. The second-order valence-corrected chi connectivity index (χ2v) is 7.87. The van der Waals surface area contributed by atoms with Crippen molar-refractivity contribution in [2.75, 3.05) is 5.01 Å². The van der Waals surface area contributed by atoms with Crippen molar-refractivity contribution in [1.82, 2.24) is 15.2 Å². The van der Waals surface area contributed by atoms with E-state index < -0.39 is 18.0 Å². The number of hydrogen-bond acceptors (Lipinski definition) is 5. The van der Waals surface area contributed by atoms with Crippen molar-refractivity contribution in [3.63, 3.8) is 0 Å². The number of aromatic nitrogens is 2. The van der Waals surface area contributed by atoms with Gasteiger partial charge in [-0.2, -0.15) is 10.4 Å². The maximum Gasteiger partial charge on any atom is 0.285 e. The number of nitrogens with zero attached hydrogens (tertiary/aromatic N) is 4. The van der Waals surface area contributed by atoms with Crippen LogP contribution in [0.3, 0.4) is 0 Å². The first-order valence-electron chi connectivity index (χ1n) is 10.6. The summed E-state index contributed by atoms with van der Waals surface area (Å²) in [5.41, 5.74) is 10.3. The van der Waals surface area contributed by atoms with Crippen molar-refractivity contribution in [1.29, 1.82) is 5.26 Å². The van der Waals surface area contributed by atoms with Crippen LogP contribution in [0.4, 0.5) is 5.69 Å². The summed E-state index contributed by atoms with van der Waals surface area (Å²) in [5.74, 6) is -0.591. The Balaban J connectivity index is 1.77. The van der Waals surface area contributed by atoms with Crippen molar-refractivity contribution in [3.05, 3.63) is 107 Å². The van der Waals surface area contributed by atoms with Gasteiger partial charge in [-0.3, -0.25) is 15.0 Å². The standard InChI is InChI=1S/C26H20N6O2S/c27-16-21-23(18-10-4-1-5-11-18)24(19-12-6-2-7-13-19)30-31(25(21)34)17-22(33)29-32(26(28)35)20-14-8-3-9-15-20/h1-15H,17H2,(H2,28,35)(H,29,33). The first-order chi connectivity index (χ1) is 17.0. The number of amides is 1. The van der Waals surface area contributed by atoms with Gasteiger partial charge in [-0.1, -0.05) is 78.9 Å². The average Bonchev–Trinajstić information content (AvgIpc) is 2.89. The Bertz CT molecular complexity index is 1470. The quantitative estimate of drug-likeness (QED) is 0.333. The van der Waals surface area contributed by atoms with E-state index in [9.17, 15) is 14.9 Å². The molecule has 0 aliphatic carbocycles. The number of rotatable bonds is 5. The number of hydrogen-bond donors (Lipinski definition) is 2. The van der Waals surface area contributed by atoms with E-state index >= 15 is 0 Å². The van der Waals surface area contributed by atoms with Gasteiger partial charge in [0, 0.05) is 11.1 Å². The smallest absolute Gasteiger partial charge is 0.285 e. The average molecular weight is 481 g/mol. The summed E-state index contributed by atoms with van der Waals surface area (Å²) in [7, 11) is 0. The topological polar surface area (TPSA) is 117 Å². The number of carbonyl (C=O) groups excluding carboxylic acids is 1. The van der Waals surface area contributed by atoms with Crippen LogP contribution in [0, 0.1) is 11.3 Å². The Morgan fingerprint density at radius 2 is 1.51 bits per heavy atom. The van der Waals surface area contributed by atoms with Crippen molar-refractivity contribution in [2.45, 2.75) is 6.54 Å². The van der Waals surface area contributed by atoms with E-state index in [-0.39, 0.29) is 10.7 Å². The van der Waals surface area contributed by atoms with Crippen molar-refractivity contribution < 1.29 is 4.79 Å². The first kappa shape index (κ1) is 23.4. The molecule has 172 valence electrons. The third-order valence-electron chi connectivity index (χ3n) is 5.14. The van der Waals surface area contributed by atoms with Crippen LogP contribution in [0.25, 0.3) is 22.4 Å². The lowest BCUT2D eigenvalue weighted by Crippen LogP contribution is -2.50. The molecule has 0 aliphatic heterocycles. The molecule has 4 aromatic rings. The van der Waals surface area contributed by atoms with Gasteiger partial charge < -0.3 is 5.73 Å². The predicted molar refractivity (Wildman–Crippen MR) is 138 cm³/mol. The highest BCUT2D eigenvalue weighted by Crippen LogP contribution is 2.31. The minimum Gasteiger partial charge on any atom is -0.374 e. The molecule has 0 saturated carbocycles. The Morgan fingerprint density at radius 1 is 0.971 bits per heavy atom. The summed E-state index contributed by atoms with van der Waals surface area (Å²) < 4.78 is 0.978. The van der Waals surface area contributed by atoms with Crippen LogP contribution in [-0.4, -0.2) is 20.8 Å². The molecule has 0 atom stereocenters. The molecule has 0 spiro atoms. The lowest BCUT2D eigenvalue weighted by molar-refractivity contribution is -0.121. The number of benzene rings is 3. The van der Waals surface area contributed by atoms with Crippen LogP contribution in [0.1, 0.15) is 5.56 Å². The number of para-hydroxylation sites is 1. The molecule has 0 bridgehead atoms. The molecule has 9 heteroatoms. The normalized spacial score (nSPS) is 10.3. The van der Waals surface area contributed by atoms with Crippen molar-refractivity contribution in [2.24, 2.45) is 5.73 Å². The predicted octanol–water partition coefficient (Wildman–Crippen LogP) is 3.23. The van der Waals surface area contributed by atoms with Gasteiger partial charge in [-0.25, -0.2) is 9.69 Å². The monoisotopic (exact) mass is 480 g/mol. The maximum absolute atomic E-state index is 13.2. The minimum absolute atomic E-state index is 0.0769. The molecule has 1 amide bonds. The molecule has 3 aromatic carbocycles. The molecule has 3 N–H and O–H groups in total. The number of anilines is 1. The highest BCUT2D eigenvalue weighted by Gasteiger charge is 2.22. The van der Waals surface area contributed by atoms with Crippen molar-refractivity contribution in [3.8, 4) is 28.5 Å². The number of nitriles is 1. The fourth-order valence-electron chi connectivity index (χ4n) is 3.59. The zero-order valence-electron chi connectivity index (χ0n) is 18.5. The fourth-order valence-corrected chi connectivity index (χ4v) is 3.74. The Kier molecular flexibility index (Phi) is 6.95. The molecule has 0 aliphatic rings. The lowest BCUT2D eigenvalue weighted by Gasteiger charge is -2.23. The van der Waals surface area contributed by atoms with Gasteiger partial charge in [-0.15, -0.1) is 0 Å². The summed E-state index contributed by atoms with van der Waals surface area (Å²) in [4.78, 5) is 26.1. The summed E-state index contributed by atoms with van der Waals surface area (Å²) in [5, 5.41) is 15.6. The second kappa shape index (κ2) is 10.4. The number of nitrogens with one attached hydrogen (secondary N) is 1. The van der Waals surface area contributed by atoms with Gasteiger partial charge in [0.2, 0.25) is 0 Å². The second-order valence-electron chi connectivity index (χ2n) is 7.45. The highest BCUT2D eigenvalue weighted by molar-refractivity contribution is 7.80. The van der Waals surface area contributed by atoms with Crippen LogP contribution in [0.15, 0.2) is 95.8 Å². The highest BCUT2D eigenvalue weighted by atomic mass is 32.1. The summed E-state index contributed by atoms with van der Waals surface area (Å²) in [6.45, 7) is -0.450. The minimum atomic E-state index is -0.678. The number of carbonyl (C=O) groups is 1. The van der Waals surface area contributed by atoms with Crippen LogP contribution < -0.4 is 21.7 Å². The molecule has 8 nitrogen and oxygen atoms in total. The molecule has 35 heavy (non-hydrogen) atoms. The Hall–Kier alpha value is -4.81. The lowest BCUT2D eigenvalue weighted by atomic mass is 9.96. The van der Waals surface area contributed by atoms with Gasteiger partial charge >= 0.3 is 0 Å². The van der Waals surface area contributed by atoms with Crippen molar-refractivity contribution >= 4 is 28.9 Å². The zero-order valence-corrected chi connectivity index (χ0v) is 19.3. The van der Waals surface area contributed by atoms with Crippen LogP contribution in [-0.2, 0) is 11.3 Å². The summed E-state index contributed by atoms with van der Waals surface area (Å²) in [6.07, 6.45) is 0. The van der Waals surface area contributed by atoms with E-state index in [1.165, 1.54) is 5.01 Å². The Morgan fingerprint density at radius 3 is 2.06 bits per heavy atom. The van der Waals surface area contributed by atoms with E-state index in [2.05, 4.69) is 10.5 Å². The van der Waals surface area contributed by atoms with Gasteiger partial charge in [0.05, 0.1) is 5.69 Å². The van der Waals surface area contributed by atoms with E-state index in [1.807, 2.05) is 60.7 Å². The molecule has 0 radical (unpaired) electrons. The third-order valence-corrected chi connectivity index (χ3v) is 5.32. The molecule has 0 saturated heterocycles. The third kappa shape index (κ3) is 5.08. The molecular formula is C26H20N6O2S. The number of nitrogens with two attached hydrogens (primary N) is 1. The number of thiocarbonyl (C=S) groups is 1. The van der Waals surface area contributed by atoms with Gasteiger partial charge in [0.15, 0.2) is 5.11 Å². The molecular weight excluding hydrogens is 460 g/mol. The van der Waals surface area contributed by atoms with E-state index in [4.69, 9.17) is 18.0 Å². The van der Waals surface area contributed by atoms with Gasteiger partial charge in [0.1, 0.15) is 23.9 Å². The van der Waals surface area contributed by atoms with Crippen LogP contribution in [0.5, 0.6) is 0 Å². The maximum atomic E-state index is 13.2. The van der Waals surface area contributed by atoms with Gasteiger partial charge in [-0.05, 0) is 29.9 Å². The molecule has 0 unspecified atom stereocenters. The van der Waals surface area contributed by atoms with Crippen LogP contribution >= 0.6 is 12.2 Å². The van der Waals surface area contributed by atoms with Crippen LogP contribution in [0.2, 0.25) is 0 Å². The zero-order chi connectivity index (χ0) is 24.8. The van der Waals surface area contributed by atoms with E-state index in [1.54, 1.807) is 36.4 Å². The van der Waals surface area contributed by atoms with E-state index in [0.29, 0.717) is 28.1 Å². The SMILES string of the molecule is N#Cc1c(-c2ccccc2)c(-c2ccccc2)nn(CC(=O)NN(C(N)=S)c2ccccc2)c1=O. The summed E-state index contributed by atoms with van der Waals surface area (Å²) in [6, 6.07) is 29.1. The van der Waals surface area contributed by atoms with Gasteiger partial charge in [0.25, 0.3) is 11.5 Å². The molecule has 0 fully saturated rings. The number of hydrazine groups is 1. The molecule has 4 rings (SSSR count). The Labute approximate surface area is 206 Å². The molecule has 1 heterocycles. The van der Waals surface area contributed by atoms with E-state index in [0.717, 1.165) is 4.68 Å². The summed E-state index contributed by atoms with van der Waals surface area (Å²) >= 11 is 5.07. The molecule has 1 aromatic heterocycles.